The first-order chi connectivity index (χ1) is 7.10. The topological polar surface area (TPSA) is 60.7 Å². The first-order valence-corrected chi connectivity index (χ1v) is 5.84. The Kier molecular flexibility index (Phi) is 4.73. The molecule has 0 fully saturated rings. The minimum Gasteiger partial charge on any atom is -0.392 e. The van der Waals surface area contributed by atoms with Crippen molar-refractivity contribution >= 4 is 15.9 Å². The first kappa shape index (κ1) is 12.6. The molecule has 1 aromatic carbocycles. The third kappa shape index (κ3) is 3.01. The van der Waals surface area contributed by atoms with Crippen molar-refractivity contribution in [1.29, 1.82) is 0 Å². The van der Waals surface area contributed by atoms with E-state index in [9.17, 15) is 10.2 Å². The van der Waals surface area contributed by atoms with Crippen molar-refractivity contribution in [3.63, 3.8) is 0 Å². The molecule has 0 amide bonds. The molecule has 0 spiro atoms. The van der Waals surface area contributed by atoms with Crippen LogP contribution in [0.1, 0.15) is 22.8 Å². The van der Waals surface area contributed by atoms with E-state index in [-0.39, 0.29) is 6.61 Å². The molecule has 84 valence electrons. The summed E-state index contributed by atoms with van der Waals surface area (Å²) in [4.78, 5) is 0. The minimum absolute atomic E-state index is 0.0587. The number of halogens is 1. The van der Waals surface area contributed by atoms with Crippen LogP contribution in [-0.2, 0) is 6.61 Å². The van der Waals surface area contributed by atoms with E-state index in [2.05, 4.69) is 15.9 Å². The van der Waals surface area contributed by atoms with Gasteiger partial charge >= 0.3 is 0 Å². The van der Waals surface area contributed by atoms with Gasteiger partial charge in [0.2, 0.25) is 0 Å². The smallest absolute Gasteiger partial charge is 0.106 e. The normalized spacial score (nSPS) is 15.0. The molecule has 2 unspecified atom stereocenters. The lowest BCUT2D eigenvalue weighted by Gasteiger charge is -2.17. The molecule has 3 N–H and O–H groups in total. The lowest BCUT2D eigenvalue weighted by atomic mass is 10.00. The van der Waals surface area contributed by atoms with Crippen LogP contribution >= 0.6 is 15.9 Å². The van der Waals surface area contributed by atoms with Gasteiger partial charge in [-0.15, -0.1) is 0 Å². The van der Waals surface area contributed by atoms with Gasteiger partial charge in [0, 0.05) is 5.33 Å². The van der Waals surface area contributed by atoms with Crippen LogP contribution in [0.4, 0.5) is 0 Å². The lowest BCUT2D eigenvalue weighted by Crippen LogP contribution is -2.19. The molecule has 15 heavy (non-hydrogen) atoms. The predicted molar refractivity (Wildman–Crippen MR) is 61.9 cm³/mol. The van der Waals surface area contributed by atoms with E-state index in [0.717, 1.165) is 11.1 Å². The van der Waals surface area contributed by atoms with Crippen molar-refractivity contribution < 1.29 is 15.3 Å². The number of aryl methyl sites for hydroxylation is 1. The van der Waals surface area contributed by atoms with Crippen LogP contribution < -0.4 is 0 Å². The van der Waals surface area contributed by atoms with Gasteiger partial charge < -0.3 is 15.3 Å². The number of rotatable bonds is 4. The first-order valence-electron chi connectivity index (χ1n) is 4.72. The summed E-state index contributed by atoms with van der Waals surface area (Å²) in [5, 5.41) is 28.6. The van der Waals surface area contributed by atoms with E-state index in [1.807, 2.05) is 13.0 Å². The highest BCUT2D eigenvalue weighted by molar-refractivity contribution is 9.09. The fourth-order valence-corrected chi connectivity index (χ4v) is 1.71. The molecule has 1 aromatic rings. The maximum atomic E-state index is 9.74. The largest absolute Gasteiger partial charge is 0.392 e. The van der Waals surface area contributed by atoms with Gasteiger partial charge in [-0.2, -0.15) is 0 Å². The van der Waals surface area contributed by atoms with Crippen molar-refractivity contribution in [2.75, 3.05) is 5.33 Å². The molecule has 1 rings (SSSR count). The van der Waals surface area contributed by atoms with Crippen molar-refractivity contribution in [2.45, 2.75) is 25.7 Å². The number of alkyl halides is 1. The highest BCUT2D eigenvalue weighted by Crippen LogP contribution is 2.21. The predicted octanol–water partition coefficient (Wildman–Crippen LogP) is 1.28. The van der Waals surface area contributed by atoms with Crippen molar-refractivity contribution in [1.82, 2.24) is 0 Å². The molecule has 3 nitrogen and oxygen atoms in total. The summed E-state index contributed by atoms with van der Waals surface area (Å²) in [6.45, 7) is 1.83. The number of hydrogen-bond acceptors (Lipinski definition) is 3. The zero-order valence-electron chi connectivity index (χ0n) is 8.52. The monoisotopic (exact) mass is 274 g/mol. The molecular weight excluding hydrogens is 260 g/mol. The molecule has 0 heterocycles. The van der Waals surface area contributed by atoms with Gasteiger partial charge in [-0.05, 0) is 23.6 Å². The van der Waals surface area contributed by atoms with Crippen molar-refractivity contribution in [2.24, 2.45) is 0 Å². The Hall–Kier alpha value is -0.420. The van der Waals surface area contributed by atoms with Gasteiger partial charge in [0.25, 0.3) is 0 Å². The Balaban J connectivity index is 2.95. The zero-order valence-corrected chi connectivity index (χ0v) is 10.1. The molecule has 0 aromatic heterocycles. The summed E-state index contributed by atoms with van der Waals surface area (Å²) in [7, 11) is 0. The Morgan fingerprint density at radius 3 is 2.53 bits per heavy atom. The molecule has 2 atom stereocenters. The van der Waals surface area contributed by atoms with Crippen LogP contribution in [-0.4, -0.2) is 26.8 Å². The van der Waals surface area contributed by atoms with Crippen LogP contribution in [0.5, 0.6) is 0 Å². The third-order valence-corrected chi connectivity index (χ3v) is 3.07. The summed E-state index contributed by atoms with van der Waals surface area (Å²) in [6, 6.07) is 5.29. The summed E-state index contributed by atoms with van der Waals surface area (Å²) in [5.41, 5.74) is 2.37. The fourth-order valence-electron chi connectivity index (χ4n) is 1.35. The maximum absolute atomic E-state index is 9.74. The number of benzene rings is 1. The Bertz CT molecular complexity index is 328. The standard InChI is InChI=1S/C11H15BrO3/c1-7-2-3-8(4-9(7)6-13)11(15)10(14)5-12/h2-4,10-11,13-15H,5-6H2,1H3. The van der Waals surface area contributed by atoms with E-state index in [4.69, 9.17) is 5.11 Å². The molecule has 0 saturated heterocycles. The molecule has 4 heteroatoms. The van der Waals surface area contributed by atoms with Crippen LogP contribution in [0.15, 0.2) is 18.2 Å². The molecule has 0 aliphatic carbocycles. The van der Waals surface area contributed by atoms with E-state index in [1.165, 1.54) is 0 Å². The lowest BCUT2D eigenvalue weighted by molar-refractivity contribution is 0.0341. The zero-order chi connectivity index (χ0) is 11.4. The number of aliphatic hydroxyl groups excluding tert-OH is 3. The summed E-state index contributed by atoms with van der Waals surface area (Å²) >= 11 is 3.10. The molecular formula is C11H15BrO3. The van der Waals surface area contributed by atoms with E-state index in [0.29, 0.717) is 10.9 Å². The molecule has 0 saturated carbocycles. The SMILES string of the molecule is Cc1ccc(C(O)C(O)CBr)cc1CO. The number of aliphatic hydroxyl groups is 3. The summed E-state index contributed by atoms with van der Waals surface area (Å²) in [6.07, 6.45) is -1.76. The second kappa shape index (κ2) is 5.61. The van der Waals surface area contributed by atoms with Crippen LogP contribution in [0, 0.1) is 6.92 Å². The second-order valence-corrected chi connectivity index (χ2v) is 4.16. The van der Waals surface area contributed by atoms with Gasteiger partial charge in [0.05, 0.1) is 12.7 Å². The van der Waals surface area contributed by atoms with Crippen LogP contribution in [0.2, 0.25) is 0 Å². The van der Waals surface area contributed by atoms with Gasteiger partial charge in [0.15, 0.2) is 0 Å². The van der Waals surface area contributed by atoms with Crippen LogP contribution in [0.25, 0.3) is 0 Å². The molecule has 0 bridgehead atoms. The minimum atomic E-state index is -0.921. The molecule has 0 aliphatic heterocycles. The van der Waals surface area contributed by atoms with Gasteiger partial charge in [-0.3, -0.25) is 0 Å². The molecule has 0 radical (unpaired) electrons. The average molecular weight is 275 g/mol. The van der Waals surface area contributed by atoms with E-state index >= 15 is 0 Å². The summed E-state index contributed by atoms with van der Waals surface area (Å²) in [5.74, 6) is 0. The second-order valence-electron chi connectivity index (χ2n) is 3.51. The van der Waals surface area contributed by atoms with Gasteiger partial charge in [-0.1, -0.05) is 34.1 Å². The maximum Gasteiger partial charge on any atom is 0.106 e. The third-order valence-electron chi connectivity index (χ3n) is 2.41. The average Bonchev–Trinajstić information content (AvgIpc) is 2.27. The summed E-state index contributed by atoms with van der Waals surface area (Å²) < 4.78 is 0. The van der Waals surface area contributed by atoms with Crippen LogP contribution in [0.3, 0.4) is 0 Å². The highest BCUT2D eigenvalue weighted by Gasteiger charge is 2.17. The highest BCUT2D eigenvalue weighted by atomic mass is 79.9. The van der Waals surface area contributed by atoms with Gasteiger partial charge in [0.1, 0.15) is 6.10 Å². The van der Waals surface area contributed by atoms with Gasteiger partial charge in [-0.25, -0.2) is 0 Å². The van der Waals surface area contributed by atoms with E-state index in [1.54, 1.807) is 12.1 Å². The Labute approximate surface area is 97.5 Å². The van der Waals surface area contributed by atoms with Crippen molar-refractivity contribution in [3.8, 4) is 0 Å². The Morgan fingerprint density at radius 2 is 2.00 bits per heavy atom. The fraction of sp³-hybridized carbons (Fsp3) is 0.455. The van der Waals surface area contributed by atoms with Crippen molar-refractivity contribution in [3.05, 3.63) is 34.9 Å². The van der Waals surface area contributed by atoms with E-state index < -0.39 is 12.2 Å². The molecule has 0 aliphatic rings. The Morgan fingerprint density at radius 1 is 1.33 bits per heavy atom. The quantitative estimate of drug-likeness (QED) is 0.725. The number of hydrogen-bond donors (Lipinski definition) is 3.